The summed E-state index contributed by atoms with van der Waals surface area (Å²) in [7, 11) is 1.55. The minimum Gasteiger partial charge on any atom is -0.493 e. The molecule has 0 aliphatic carbocycles. The molecule has 0 saturated carbocycles. The molecule has 5 heteroatoms. The molecule has 2 rings (SSSR count). The number of anilines is 1. The summed E-state index contributed by atoms with van der Waals surface area (Å²) < 4.78 is 11.0. The van der Waals surface area contributed by atoms with E-state index in [0.717, 1.165) is 5.56 Å². The number of nitrogens with one attached hydrogen (secondary N) is 1. The molecule has 5 nitrogen and oxygen atoms in total. The van der Waals surface area contributed by atoms with Gasteiger partial charge in [-0.25, -0.2) is 0 Å². The molecule has 0 aliphatic heterocycles. The number of hydrogen-bond donors (Lipinski definition) is 2. The molecule has 2 aromatic rings. The Kier molecular flexibility index (Phi) is 6.21. The van der Waals surface area contributed by atoms with E-state index in [2.05, 4.69) is 19.2 Å². The highest BCUT2D eigenvalue weighted by molar-refractivity contribution is 6.04. The lowest BCUT2D eigenvalue weighted by molar-refractivity contribution is 0.102. The first kappa shape index (κ1) is 17.8. The normalized spacial score (nSPS) is 10.5. The molecule has 0 atom stereocenters. The SMILES string of the molecule is COc1cc(C(=O)Nc2cccc(CO)c2)ccc1OCC(C)C. The maximum Gasteiger partial charge on any atom is 0.255 e. The standard InChI is InChI=1S/C19H23NO4/c1-13(2)12-24-17-8-7-15(10-18(17)23-3)19(22)20-16-6-4-5-14(9-16)11-21/h4-10,13,21H,11-12H2,1-3H3,(H,20,22). The van der Waals surface area contributed by atoms with Crippen molar-refractivity contribution in [2.24, 2.45) is 5.92 Å². The number of amides is 1. The van der Waals surface area contributed by atoms with Crippen LogP contribution in [-0.4, -0.2) is 24.7 Å². The fourth-order valence-corrected chi connectivity index (χ4v) is 2.14. The van der Waals surface area contributed by atoms with Gasteiger partial charge < -0.3 is 19.9 Å². The maximum absolute atomic E-state index is 12.4. The second-order valence-electron chi connectivity index (χ2n) is 5.88. The highest BCUT2D eigenvalue weighted by Gasteiger charge is 2.12. The molecule has 128 valence electrons. The van der Waals surface area contributed by atoms with Crippen LogP contribution in [0.15, 0.2) is 42.5 Å². The number of carbonyl (C=O) groups excluding carboxylic acids is 1. The van der Waals surface area contributed by atoms with Crippen molar-refractivity contribution in [3.8, 4) is 11.5 Å². The zero-order valence-corrected chi connectivity index (χ0v) is 14.2. The second kappa shape index (κ2) is 8.36. The zero-order valence-electron chi connectivity index (χ0n) is 14.2. The van der Waals surface area contributed by atoms with Crippen LogP contribution in [0.5, 0.6) is 11.5 Å². The first-order valence-electron chi connectivity index (χ1n) is 7.85. The quantitative estimate of drug-likeness (QED) is 0.816. The van der Waals surface area contributed by atoms with Gasteiger partial charge in [-0.15, -0.1) is 0 Å². The Morgan fingerprint density at radius 3 is 2.62 bits per heavy atom. The Morgan fingerprint density at radius 1 is 1.17 bits per heavy atom. The molecular weight excluding hydrogens is 306 g/mol. The van der Waals surface area contributed by atoms with Gasteiger partial charge in [-0.1, -0.05) is 26.0 Å². The average molecular weight is 329 g/mol. The van der Waals surface area contributed by atoms with Crippen molar-refractivity contribution >= 4 is 11.6 Å². The molecule has 2 aromatic carbocycles. The fourth-order valence-electron chi connectivity index (χ4n) is 2.14. The number of benzene rings is 2. The summed E-state index contributed by atoms with van der Waals surface area (Å²) in [5.74, 6) is 1.28. The summed E-state index contributed by atoms with van der Waals surface area (Å²) in [5.41, 5.74) is 1.84. The summed E-state index contributed by atoms with van der Waals surface area (Å²) in [5, 5.41) is 12.0. The highest BCUT2D eigenvalue weighted by atomic mass is 16.5. The lowest BCUT2D eigenvalue weighted by Gasteiger charge is -2.13. The Bertz CT molecular complexity index is 698. The average Bonchev–Trinajstić information content (AvgIpc) is 2.59. The molecule has 24 heavy (non-hydrogen) atoms. The predicted octanol–water partition coefficient (Wildman–Crippen LogP) is 3.47. The number of aliphatic hydroxyl groups is 1. The van der Waals surface area contributed by atoms with E-state index in [-0.39, 0.29) is 12.5 Å². The predicted molar refractivity (Wildman–Crippen MR) is 93.6 cm³/mol. The number of aliphatic hydroxyl groups excluding tert-OH is 1. The van der Waals surface area contributed by atoms with Crippen molar-refractivity contribution in [3.63, 3.8) is 0 Å². The van der Waals surface area contributed by atoms with Crippen molar-refractivity contribution < 1.29 is 19.4 Å². The molecule has 0 fully saturated rings. The van der Waals surface area contributed by atoms with Gasteiger partial charge in [0.25, 0.3) is 5.91 Å². The van der Waals surface area contributed by atoms with Crippen LogP contribution in [0.2, 0.25) is 0 Å². The van der Waals surface area contributed by atoms with Crippen LogP contribution in [0.25, 0.3) is 0 Å². The van der Waals surface area contributed by atoms with Crippen LogP contribution in [0.3, 0.4) is 0 Å². The minimum atomic E-state index is -0.251. The summed E-state index contributed by atoms with van der Waals surface area (Å²) in [6.45, 7) is 4.64. The third-order valence-corrected chi connectivity index (χ3v) is 3.37. The van der Waals surface area contributed by atoms with Gasteiger partial charge in [0.1, 0.15) is 0 Å². The van der Waals surface area contributed by atoms with Crippen LogP contribution in [0.4, 0.5) is 5.69 Å². The lowest BCUT2D eigenvalue weighted by Crippen LogP contribution is -2.12. The number of hydrogen-bond acceptors (Lipinski definition) is 4. The van der Waals surface area contributed by atoms with Gasteiger partial charge in [0.15, 0.2) is 11.5 Å². The van der Waals surface area contributed by atoms with Gasteiger partial charge in [0, 0.05) is 11.3 Å². The maximum atomic E-state index is 12.4. The van der Waals surface area contributed by atoms with E-state index < -0.39 is 0 Å². The van der Waals surface area contributed by atoms with E-state index in [4.69, 9.17) is 14.6 Å². The minimum absolute atomic E-state index is 0.0700. The first-order chi connectivity index (χ1) is 11.5. The highest BCUT2D eigenvalue weighted by Crippen LogP contribution is 2.29. The number of ether oxygens (including phenoxy) is 2. The zero-order chi connectivity index (χ0) is 17.5. The Morgan fingerprint density at radius 2 is 1.96 bits per heavy atom. The summed E-state index contributed by atoms with van der Waals surface area (Å²) in [6, 6.07) is 12.2. The van der Waals surface area contributed by atoms with Crippen LogP contribution >= 0.6 is 0 Å². The van der Waals surface area contributed by atoms with E-state index in [1.54, 1.807) is 49.6 Å². The largest absolute Gasteiger partial charge is 0.493 e. The van der Waals surface area contributed by atoms with Gasteiger partial charge >= 0.3 is 0 Å². The third-order valence-electron chi connectivity index (χ3n) is 3.37. The molecule has 0 spiro atoms. The van der Waals surface area contributed by atoms with Gasteiger partial charge in [-0.3, -0.25) is 4.79 Å². The number of methoxy groups -OCH3 is 1. The van der Waals surface area contributed by atoms with Crippen molar-refractivity contribution in [1.82, 2.24) is 0 Å². The summed E-state index contributed by atoms with van der Waals surface area (Å²) in [6.07, 6.45) is 0. The van der Waals surface area contributed by atoms with Gasteiger partial charge in [-0.05, 0) is 41.8 Å². The van der Waals surface area contributed by atoms with Crippen LogP contribution in [0.1, 0.15) is 29.8 Å². The Balaban J connectivity index is 2.14. The van der Waals surface area contributed by atoms with Crippen molar-refractivity contribution in [3.05, 3.63) is 53.6 Å². The Labute approximate surface area is 142 Å². The van der Waals surface area contributed by atoms with E-state index in [9.17, 15) is 4.79 Å². The van der Waals surface area contributed by atoms with Gasteiger partial charge in [-0.2, -0.15) is 0 Å². The van der Waals surface area contributed by atoms with E-state index >= 15 is 0 Å². The molecular formula is C19H23NO4. The topological polar surface area (TPSA) is 67.8 Å². The lowest BCUT2D eigenvalue weighted by atomic mass is 10.1. The van der Waals surface area contributed by atoms with E-state index in [1.807, 2.05) is 0 Å². The molecule has 0 aromatic heterocycles. The third kappa shape index (κ3) is 4.73. The summed E-state index contributed by atoms with van der Waals surface area (Å²) >= 11 is 0. The van der Waals surface area contributed by atoms with Gasteiger partial charge in [0.05, 0.1) is 20.3 Å². The molecule has 1 amide bonds. The van der Waals surface area contributed by atoms with Gasteiger partial charge in [0.2, 0.25) is 0 Å². The monoisotopic (exact) mass is 329 g/mol. The molecule has 0 saturated heterocycles. The van der Waals surface area contributed by atoms with E-state index in [1.165, 1.54) is 0 Å². The second-order valence-corrected chi connectivity index (χ2v) is 5.88. The molecule has 0 bridgehead atoms. The van der Waals surface area contributed by atoms with Crippen molar-refractivity contribution in [1.29, 1.82) is 0 Å². The fraction of sp³-hybridized carbons (Fsp3) is 0.316. The first-order valence-corrected chi connectivity index (χ1v) is 7.85. The van der Waals surface area contributed by atoms with Crippen LogP contribution in [-0.2, 0) is 6.61 Å². The van der Waals surface area contributed by atoms with Crippen LogP contribution < -0.4 is 14.8 Å². The molecule has 0 heterocycles. The van der Waals surface area contributed by atoms with Crippen molar-refractivity contribution in [2.75, 3.05) is 19.0 Å². The summed E-state index contributed by atoms with van der Waals surface area (Å²) in [4.78, 5) is 12.4. The smallest absolute Gasteiger partial charge is 0.255 e. The Hall–Kier alpha value is -2.53. The van der Waals surface area contributed by atoms with Crippen molar-refractivity contribution in [2.45, 2.75) is 20.5 Å². The van der Waals surface area contributed by atoms with Crippen LogP contribution in [0, 0.1) is 5.92 Å². The number of rotatable bonds is 7. The molecule has 0 aliphatic rings. The molecule has 0 radical (unpaired) electrons. The van der Waals surface area contributed by atoms with E-state index in [0.29, 0.717) is 35.3 Å². The number of carbonyl (C=O) groups is 1. The molecule has 0 unspecified atom stereocenters. The molecule has 2 N–H and O–H groups in total.